The number of hydrogen-bond acceptors (Lipinski definition) is 2. The summed E-state index contributed by atoms with van der Waals surface area (Å²) in [5.74, 6) is -12.0. The normalized spacial score (nSPS) is 24.8. The van der Waals surface area contributed by atoms with Crippen molar-refractivity contribution in [3.63, 3.8) is 0 Å². The summed E-state index contributed by atoms with van der Waals surface area (Å²) < 4.78 is 54.5. The van der Waals surface area contributed by atoms with Crippen LogP contribution in [0.4, 0.5) is 17.6 Å². The van der Waals surface area contributed by atoms with Crippen molar-refractivity contribution in [2.45, 2.75) is 18.6 Å². The predicted octanol–water partition coefficient (Wildman–Crippen LogP) is 1.92. The number of carbonyl (C=O) groups excluding carboxylic acids is 2. The molecule has 0 aliphatic heterocycles. The van der Waals surface area contributed by atoms with Crippen LogP contribution in [0.1, 0.15) is 22.8 Å². The van der Waals surface area contributed by atoms with Crippen LogP contribution in [0.15, 0.2) is 18.2 Å². The van der Waals surface area contributed by atoms with Crippen molar-refractivity contribution in [2.75, 3.05) is 0 Å². The highest BCUT2D eigenvalue weighted by molar-refractivity contribution is 6.07. The van der Waals surface area contributed by atoms with E-state index in [0.29, 0.717) is 6.07 Å². The van der Waals surface area contributed by atoms with E-state index in [1.165, 1.54) is 5.32 Å². The number of carbonyl (C=O) groups is 2. The minimum Gasteiger partial charge on any atom is -0.315 e. The molecular formula is C11H7F4NO2. The predicted molar refractivity (Wildman–Crippen MR) is 52.3 cm³/mol. The molecule has 2 rings (SSSR count). The van der Waals surface area contributed by atoms with Gasteiger partial charge in [-0.15, -0.1) is 0 Å². The molecule has 1 amide bonds. The van der Waals surface area contributed by atoms with Crippen molar-refractivity contribution in [1.29, 1.82) is 0 Å². The molecule has 18 heavy (non-hydrogen) atoms. The van der Waals surface area contributed by atoms with Crippen LogP contribution >= 0.6 is 0 Å². The first-order valence-electron chi connectivity index (χ1n) is 4.90. The lowest BCUT2D eigenvalue weighted by atomic mass is 10.0. The quantitative estimate of drug-likeness (QED) is 0.620. The molecule has 1 N–H and O–H groups in total. The average molecular weight is 261 g/mol. The van der Waals surface area contributed by atoms with E-state index in [4.69, 9.17) is 0 Å². The highest BCUT2D eigenvalue weighted by Crippen LogP contribution is 2.49. The minimum atomic E-state index is -4.46. The zero-order valence-corrected chi connectivity index (χ0v) is 9.06. The van der Waals surface area contributed by atoms with Crippen LogP contribution in [-0.4, -0.2) is 17.6 Å². The third kappa shape index (κ3) is 1.43. The van der Waals surface area contributed by atoms with Crippen molar-refractivity contribution in [1.82, 2.24) is 5.32 Å². The zero-order valence-electron chi connectivity index (χ0n) is 9.06. The Morgan fingerprint density at radius 1 is 1.28 bits per heavy atom. The summed E-state index contributed by atoms with van der Waals surface area (Å²) in [5, 5.41) is 1.38. The number of nitrogens with one attached hydrogen (secondary N) is 1. The number of ketones is 1. The summed E-state index contributed by atoms with van der Waals surface area (Å²) in [6.45, 7) is 0.819. The Morgan fingerprint density at radius 2 is 1.89 bits per heavy atom. The highest BCUT2D eigenvalue weighted by Gasteiger charge is 2.68. The van der Waals surface area contributed by atoms with E-state index in [1.807, 2.05) is 0 Å². The van der Waals surface area contributed by atoms with Crippen LogP contribution < -0.4 is 5.32 Å². The van der Waals surface area contributed by atoms with Gasteiger partial charge in [-0.3, -0.25) is 9.59 Å². The second-order valence-electron chi connectivity index (χ2n) is 3.93. The number of halogens is 4. The molecule has 1 aliphatic carbocycles. The summed E-state index contributed by atoms with van der Waals surface area (Å²) in [6, 6.07) is 2.01. The first kappa shape index (κ1) is 12.5. The number of benzene rings is 1. The highest BCUT2D eigenvalue weighted by atomic mass is 19.3. The summed E-state index contributed by atoms with van der Waals surface area (Å²) in [6.07, 6.45) is 0. The van der Waals surface area contributed by atoms with Gasteiger partial charge in [0.15, 0.2) is 0 Å². The number of amides is 1. The molecule has 1 aromatic rings. The molecule has 0 saturated heterocycles. The van der Waals surface area contributed by atoms with Crippen LogP contribution in [0.3, 0.4) is 0 Å². The molecule has 0 bridgehead atoms. The molecule has 96 valence electrons. The molecule has 3 nitrogen and oxygen atoms in total. The Morgan fingerprint density at radius 3 is 2.44 bits per heavy atom. The van der Waals surface area contributed by atoms with Crippen molar-refractivity contribution >= 4 is 11.7 Å². The van der Waals surface area contributed by atoms with Crippen molar-refractivity contribution in [3.05, 3.63) is 35.1 Å². The van der Waals surface area contributed by atoms with Gasteiger partial charge in [-0.1, -0.05) is 0 Å². The van der Waals surface area contributed by atoms with Gasteiger partial charge in [0.25, 0.3) is 5.79 Å². The van der Waals surface area contributed by atoms with Gasteiger partial charge >= 0.3 is 5.92 Å². The van der Waals surface area contributed by atoms with Crippen molar-refractivity contribution < 1.29 is 27.2 Å². The molecule has 1 aromatic carbocycles. The number of hydrogen-bond donors (Lipinski definition) is 1. The Balaban J connectivity index is 2.69. The Bertz CT molecular complexity index is 558. The first-order valence-corrected chi connectivity index (χ1v) is 4.90. The smallest absolute Gasteiger partial charge is 0.315 e. The van der Waals surface area contributed by atoms with E-state index in [2.05, 4.69) is 0 Å². The Hall–Kier alpha value is -1.92. The SMILES string of the molecule is CC(=O)NC1(F)c2cc(F)ccc2C(=O)C1(F)F. The lowest BCUT2D eigenvalue weighted by Gasteiger charge is -2.26. The zero-order chi connectivity index (χ0) is 13.7. The monoisotopic (exact) mass is 261 g/mol. The van der Waals surface area contributed by atoms with Crippen LogP contribution in [0, 0.1) is 5.82 Å². The molecule has 0 saturated carbocycles. The third-order valence-electron chi connectivity index (χ3n) is 2.66. The van der Waals surface area contributed by atoms with Gasteiger partial charge < -0.3 is 5.32 Å². The van der Waals surface area contributed by atoms with Crippen LogP contribution in [0.5, 0.6) is 0 Å². The van der Waals surface area contributed by atoms with E-state index >= 15 is 0 Å². The Kier molecular flexibility index (Phi) is 2.46. The van der Waals surface area contributed by atoms with Gasteiger partial charge in [0.05, 0.1) is 0 Å². The lowest BCUT2D eigenvalue weighted by molar-refractivity contribution is -0.143. The summed E-state index contributed by atoms with van der Waals surface area (Å²) in [4.78, 5) is 22.2. The third-order valence-corrected chi connectivity index (χ3v) is 2.66. The van der Waals surface area contributed by atoms with Gasteiger partial charge in [0.1, 0.15) is 5.82 Å². The van der Waals surface area contributed by atoms with Crippen molar-refractivity contribution in [2.24, 2.45) is 0 Å². The fourth-order valence-electron chi connectivity index (χ4n) is 1.88. The molecule has 1 unspecified atom stereocenters. The standard InChI is InChI=1S/C11H7F4NO2/c1-5(17)16-11(15)8-4-6(12)2-3-7(8)9(18)10(11,13)14/h2-4H,1H3,(H,16,17). The maximum atomic E-state index is 14.3. The second-order valence-corrected chi connectivity index (χ2v) is 3.93. The van der Waals surface area contributed by atoms with E-state index in [0.717, 1.165) is 19.1 Å². The number of Topliss-reactive ketones (excluding diaryl/α,β-unsaturated/α-hetero) is 1. The topological polar surface area (TPSA) is 46.2 Å². The second kappa shape index (κ2) is 3.54. The number of alkyl halides is 3. The molecule has 0 fully saturated rings. The van der Waals surface area contributed by atoms with Crippen LogP contribution in [0.25, 0.3) is 0 Å². The Labute approximate surface area is 98.8 Å². The molecular weight excluding hydrogens is 254 g/mol. The van der Waals surface area contributed by atoms with Gasteiger partial charge in [0, 0.05) is 18.1 Å². The largest absolute Gasteiger partial charge is 0.365 e. The molecule has 0 spiro atoms. The average Bonchev–Trinajstić information content (AvgIpc) is 2.38. The van der Waals surface area contributed by atoms with Gasteiger partial charge in [0.2, 0.25) is 11.7 Å². The minimum absolute atomic E-state index is 0.476. The maximum Gasteiger partial charge on any atom is 0.365 e. The van der Waals surface area contributed by atoms with Crippen LogP contribution in [-0.2, 0) is 10.6 Å². The molecule has 0 aromatic heterocycles. The number of fused-ring (bicyclic) bond motifs is 1. The maximum absolute atomic E-state index is 14.3. The fourth-order valence-corrected chi connectivity index (χ4v) is 1.88. The number of rotatable bonds is 1. The summed E-state index contributed by atoms with van der Waals surface area (Å²) >= 11 is 0. The van der Waals surface area contributed by atoms with Gasteiger partial charge in [-0.2, -0.15) is 8.78 Å². The first-order chi connectivity index (χ1) is 8.20. The summed E-state index contributed by atoms with van der Waals surface area (Å²) in [5.41, 5.74) is -1.51. The van der Waals surface area contributed by atoms with Gasteiger partial charge in [-0.05, 0) is 18.2 Å². The van der Waals surface area contributed by atoms with E-state index in [1.54, 1.807) is 0 Å². The fraction of sp³-hybridized carbons (Fsp3) is 0.273. The molecule has 1 atom stereocenters. The summed E-state index contributed by atoms with van der Waals surface area (Å²) in [7, 11) is 0. The van der Waals surface area contributed by atoms with Crippen molar-refractivity contribution in [3.8, 4) is 0 Å². The van der Waals surface area contributed by atoms with E-state index in [9.17, 15) is 27.2 Å². The van der Waals surface area contributed by atoms with E-state index < -0.39 is 40.3 Å². The van der Waals surface area contributed by atoms with Gasteiger partial charge in [-0.25, -0.2) is 8.78 Å². The molecule has 7 heteroatoms. The van der Waals surface area contributed by atoms with E-state index in [-0.39, 0.29) is 0 Å². The molecule has 0 heterocycles. The molecule has 1 aliphatic rings. The lowest BCUT2D eigenvalue weighted by Crippen LogP contribution is -2.53. The molecule has 0 radical (unpaired) electrons. The van der Waals surface area contributed by atoms with Crippen LogP contribution in [0.2, 0.25) is 0 Å².